The van der Waals surface area contributed by atoms with Gasteiger partial charge in [-0.1, -0.05) is 42.5 Å². The average molecular weight is 307 g/mol. The third kappa shape index (κ3) is 2.84. The Morgan fingerprint density at radius 2 is 1.91 bits per heavy atom. The molecule has 2 aliphatic rings. The van der Waals surface area contributed by atoms with Crippen molar-refractivity contribution in [2.45, 2.75) is 44.8 Å². The maximum absolute atomic E-state index is 13.4. The van der Waals surface area contributed by atoms with Crippen LogP contribution in [-0.2, 0) is 6.54 Å². The normalized spacial score (nSPS) is 23.8. The maximum Gasteiger partial charge on any atom is 0.123 e. The van der Waals surface area contributed by atoms with E-state index in [1.54, 1.807) is 12.1 Å². The Morgan fingerprint density at radius 3 is 2.65 bits per heavy atom. The molecule has 0 amide bonds. The number of nitrogens with zero attached hydrogens (tertiary/aromatic N) is 1. The molecule has 1 nitrogen and oxygen atoms in total. The van der Waals surface area contributed by atoms with E-state index in [4.69, 9.17) is 0 Å². The number of benzene rings is 2. The van der Waals surface area contributed by atoms with Gasteiger partial charge in [0.2, 0.25) is 0 Å². The molecule has 0 spiro atoms. The summed E-state index contributed by atoms with van der Waals surface area (Å²) in [5.41, 5.74) is 5.06. The Morgan fingerprint density at radius 1 is 1.09 bits per heavy atom. The topological polar surface area (TPSA) is 3.24 Å². The number of fused-ring (bicyclic) bond motifs is 2. The Hall–Kier alpha value is -1.93. The zero-order valence-electron chi connectivity index (χ0n) is 13.5. The second kappa shape index (κ2) is 5.93. The minimum Gasteiger partial charge on any atom is -0.289 e. The lowest BCUT2D eigenvalue weighted by molar-refractivity contribution is 0.203. The van der Waals surface area contributed by atoms with Crippen molar-refractivity contribution < 1.29 is 4.39 Å². The molecule has 23 heavy (non-hydrogen) atoms. The van der Waals surface area contributed by atoms with Gasteiger partial charge < -0.3 is 0 Å². The molecule has 2 aliphatic heterocycles. The fourth-order valence-electron chi connectivity index (χ4n) is 4.15. The third-order valence-corrected chi connectivity index (χ3v) is 5.28. The number of hydrogen-bond acceptors (Lipinski definition) is 1. The standard InChI is InChI=1S/C21H22FN/c1-15-11-18(22)7-10-21(15)17-12-19-8-9-20(13-17)23(19)14-16-5-3-2-4-6-16/h2-7,10-12,19-20H,8-9,13-14H2,1H3. The molecule has 2 bridgehead atoms. The van der Waals surface area contributed by atoms with E-state index in [9.17, 15) is 4.39 Å². The van der Waals surface area contributed by atoms with Crippen molar-refractivity contribution in [1.82, 2.24) is 4.90 Å². The van der Waals surface area contributed by atoms with E-state index in [2.05, 4.69) is 41.3 Å². The molecule has 2 heteroatoms. The van der Waals surface area contributed by atoms with E-state index in [0.717, 1.165) is 18.5 Å². The Balaban J connectivity index is 1.59. The van der Waals surface area contributed by atoms with Crippen LogP contribution >= 0.6 is 0 Å². The number of aryl methyl sites for hydroxylation is 1. The highest BCUT2D eigenvalue weighted by molar-refractivity contribution is 5.70. The van der Waals surface area contributed by atoms with E-state index in [0.29, 0.717) is 12.1 Å². The van der Waals surface area contributed by atoms with Gasteiger partial charge in [0.15, 0.2) is 0 Å². The molecule has 2 aromatic rings. The summed E-state index contributed by atoms with van der Waals surface area (Å²) in [4.78, 5) is 2.64. The molecular formula is C21H22FN. The van der Waals surface area contributed by atoms with Crippen molar-refractivity contribution in [3.63, 3.8) is 0 Å². The molecule has 0 saturated carbocycles. The molecule has 118 valence electrons. The largest absolute Gasteiger partial charge is 0.289 e. The van der Waals surface area contributed by atoms with Gasteiger partial charge in [-0.3, -0.25) is 4.90 Å². The van der Waals surface area contributed by atoms with Gasteiger partial charge in [-0.15, -0.1) is 0 Å². The summed E-state index contributed by atoms with van der Waals surface area (Å²) in [6.07, 6.45) is 6.00. The molecular weight excluding hydrogens is 285 g/mol. The first-order chi connectivity index (χ1) is 11.2. The fourth-order valence-corrected chi connectivity index (χ4v) is 4.15. The predicted molar refractivity (Wildman–Crippen MR) is 92.5 cm³/mol. The van der Waals surface area contributed by atoms with E-state index < -0.39 is 0 Å². The predicted octanol–water partition coefficient (Wildman–Crippen LogP) is 4.95. The molecule has 2 unspecified atom stereocenters. The monoisotopic (exact) mass is 307 g/mol. The Labute approximate surface area is 137 Å². The highest BCUT2D eigenvalue weighted by atomic mass is 19.1. The van der Waals surface area contributed by atoms with Gasteiger partial charge in [-0.25, -0.2) is 4.39 Å². The van der Waals surface area contributed by atoms with Crippen LogP contribution < -0.4 is 0 Å². The van der Waals surface area contributed by atoms with Crippen LogP contribution in [0.2, 0.25) is 0 Å². The molecule has 2 heterocycles. The van der Waals surface area contributed by atoms with Crippen molar-refractivity contribution in [2.75, 3.05) is 0 Å². The van der Waals surface area contributed by atoms with E-state index in [-0.39, 0.29) is 5.82 Å². The Kier molecular flexibility index (Phi) is 3.78. The summed E-state index contributed by atoms with van der Waals surface area (Å²) >= 11 is 0. The van der Waals surface area contributed by atoms with E-state index >= 15 is 0 Å². The van der Waals surface area contributed by atoms with Crippen LogP contribution in [0.15, 0.2) is 54.6 Å². The highest BCUT2D eigenvalue weighted by Gasteiger charge is 2.36. The van der Waals surface area contributed by atoms with Gasteiger partial charge in [-0.2, -0.15) is 0 Å². The maximum atomic E-state index is 13.4. The summed E-state index contributed by atoms with van der Waals surface area (Å²) in [7, 11) is 0. The zero-order chi connectivity index (χ0) is 15.8. The van der Waals surface area contributed by atoms with Crippen molar-refractivity contribution in [3.05, 3.63) is 77.1 Å². The van der Waals surface area contributed by atoms with Crippen LogP contribution in [0.3, 0.4) is 0 Å². The molecule has 2 atom stereocenters. The summed E-state index contributed by atoms with van der Waals surface area (Å²) in [5.74, 6) is -0.142. The number of rotatable bonds is 3. The van der Waals surface area contributed by atoms with Crippen molar-refractivity contribution in [1.29, 1.82) is 0 Å². The van der Waals surface area contributed by atoms with Crippen LogP contribution in [0.25, 0.3) is 5.57 Å². The van der Waals surface area contributed by atoms with Crippen LogP contribution in [-0.4, -0.2) is 17.0 Å². The first-order valence-corrected chi connectivity index (χ1v) is 8.47. The number of halogens is 1. The van der Waals surface area contributed by atoms with Gasteiger partial charge >= 0.3 is 0 Å². The van der Waals surface area contributed by atoms with Gasteiger partial charge in [0, 0.05) is 18.6 Å². The summed E-state index contributed by atoms with van der Waals surface area (Å²) in [5, 5.41) is 0. The van der Waals surface area contributed by atoms with Gasteiger partial charge in [-0.05, 0) is 60.6 Å². The van der Waals surface area contributed by atoms with Crippen molar-refractivity contribution >= 4 is 5.57 Å². The average Bonchev–Trinajstić information content (AvgIpc) is 2.78. The second-order valence-corrected chi connectivity index (χ2v) is 6.81. The minimum atomic E-state index is -0.142. The first-order valence-electron chi connectivity index (χ1n) is 8.47. The number of hydrogen-bond donors (Lipinski definition) is 0. The lowest BCUT2D eigenvalue weighted by Gasteiger charge is -2.34. The highest BCUT2D eigenvalue weighted by Crippen LogP contribution is 2.40. The van der Waals surface area contributed by atoms with Crippen molar-refractivity contribution in [2.24, 2.45) is 0 Å². The van der Waals surface area contributed by atoms with Crippen LogP contribution in [0.5, 0.6) is 0 Å². The van der Waals surface area contributed by atoms with Gasteiger partial charge in [0.25, 0.3) is 0 Å². The summed E-state index contributed by atoms with van der Waals surface area (Å²) in [6.45, 7) is 3.04. The summed E-state index contributed by atoms with van der Waals surface area (Å²) in [6, 6.07) is 17.0. The molecule has 0 aliphatic carbocycles. The molecule has 0 aromatic heterocycles. The van der Waals surface area contributed by atoms with Gasteiger partial charge in [0.05, 0.1) is 0 Å². The molecule has 2 aromatic carbocycles. The van der Waals surface area contributed by atoms with Crippen molar-refractivity contribution in [3.8, 4) is 0 Å². The van der Waals surface area contributed by atoms with Gasteiger partial charge in [0.1, 0.15) is 5.82 Å². The van der Waals surface area contributed by atoms with E-state index in [1.807, 2.05) is 13.0 Å². The fraction of sp³-hybridized carbons (Fsp3) is 0.333. The second-order valence-electron chi connectivity index (χ2n) is 6.81. The molecule has 0 radical (unpaired) electrons. The van der Waals surface area contributed by atoms with Crippen LogP contribution in [0.4, 0.5) is 4.39 Å². The Bertz CT molecular complexity index is 735. The zero-order valence-corrected chi connectivity index (χ0v) is 13.5. The van der Waals surface area contributed by atoms with E-state index in [1.165, 1.54) is 29.5 Å². The van der Waals surface area contributed by atoms with Crippen LogP contribution in [0, 0.1) is 12.7 Å². The summed E-state index contributed by atoms with van der Waals surface area (Å²) < 4.78 is 13.4. The molecule has 4 rings (SSSR count). The third-order valence-electron chi connectivity index (χ3n) is 5.28. The molecule has 1 saturated heterocycles. The lowest BCUT2D eigenvalue weighted by atomic mass is 9.91. The molecule has 0 N–H and O–H groups in total. The minimum absolute atomic E-state index is 0.142. The SMILES string of the molecule is Cc1cc(F)ccc1C1=CC2CCC(C1)N2Cc1ccccc1. The smallest absolute Gasteiger partial charge is 0.123 e. The first kappa shape index (κ1) is 14.6. The lowest BCUT2D eigenvalue weighted by Crippen LogP contribution is -2.37. The quantitative estimate of drug-likeness (QED) is 0.775. The molecule has 1 fully saturated rings. The van der Waals surface area contributed by atoms with Crippen LogP contribution in [0.1, 0.15) is 36.0 Å².